The SMILES string of the molecule is Cn1c(-c2cccc(Oc3cccc(N4c5ncccc5C(C)(C)c5ccc6c7ccccc7n(-c7ccccc7)c6c54)c3)c2)nc2ccccc21. The zero-order valence-corrected chi connectivity index (χ0v) is 29.2. The Bertz CT molecular complexity index is 2830. The summed E-state index contributed by atoms with van der Waals surface area (Å²) in [5, 5.41) is 2.41. The summed E-state index contributed by atoms with van der Waals surface area (Å²) in [6.45, 7) is 4.62. The summed E-state index contributed by atoms with van der Waals surface area (Å²) in [5.41, 5.74) is 10.7. The predicted molar refractivity (Wildman–Crippen MR) is 212 cm³/mol. The number of hydrogen-bond donors (Lipinski definition) is 0. The van der Waals surface area contributed by atoms with Crippen LogP contribution in [0.1, 0.15) is 25.0 Å². The molecule has 0 amide bonds. The number of hydrogen-bond acceptors (Lipinski definition) is 4. The molecule has 1 aliphatic heterocycles. The minimum absolute atomic E-state index is 0.300. The molecule has 0 fully saturated rings. The van der Waals surface area contributed by atoms with E-state index in [9.17, 15) is 0 Å². The number of aromatic nitrogens is 4. The second-order valence-corrected chi connectivity index (χ2v) is 14.0. The Morgan fingerprint density at radius 2 is 1.33 bits per heavy atom. The maximum Gasteiger partial charge on any atom is 0.141 e. The standard InChI is InChI=1S/C46H35N5O/c1-46(2)37-26-25-36-35-20-7-9-23-40(35)50(31-15-5-4-6-16-31)42(36)43(37)51(45-38(46)21-13-27-47-45)32-17-12-19-34(29-32)52-33-18-11-14-30(28-33)44-48-39-22-8-10-24-41(39)49(44)3/h4-29H,1-3H3. The molecule has 0 aliphatic carbocycles. The lowest BCUT2D eigenvalue weighted by molar-refractivity contribution is 0.483. The molecule has 6 heteroatoms. The lowest BCUT2D eigenvalue weighted by Crippen LogP contribution is -2.31. The third-order valence-corrected chi connectivity index (χ3v) is 10.6. The highest BCUT2D eigenvalue weighted by Gasteiger charge is 2.40. The molecule has 10 rings (SSSR count). The summed E-state index contributed by atoms with van der Waals surface area (Å²) >= 11 is 0. The number of para-hydroxylation sites is 4. The average molecular weight is 674 g/mol. The Morgan fingerprint density at radius 3 is 2.17 bits per heavy atom. The third kappa shape index (κ3) is 4.50. The summed E-state index contributed by atoms with van der Waals surface area (Å²) in [6.07, 6.45) is 1.90. The topological polar surface area (TPSA) is 48.1 Å². The van der Waals surface area contributed by atoms with Gasteiger partial charge < -0.3 is 13.9 Å². The highest BCUT2D eigenvalue weighted by molar-refractivity contribution is 6.15. The van der Waals surface area contributed by atoms with Crippen LogP contribution >= 0.6 is 0 Å². The smallest absolute Gasteiger partial charge is 0.141 e. The molecule has 4 heterocycles. The maximum absolute atomic E-state index is 6.64. The molecule has 0 unspecified atom stereocenters. The summed E-state index contributed by atoms with van der Waals surface area (Å²) in [7, 11) is 2.06. The van der Waals surface area contributed by atoms with Crippen molar-refractivity contribution in [2.45, 2.75) is 19.3 Å². The Kier molecular flexibility index (Phi) is 6.64. The van der Waals surface area contributed by atoms with Crippen LogP contribution in [0, 0.1) is 0 Å². The summed E-state index contributed by atoms with van der Waals surface area (Å²) in [6, 6.07) is 52.9. The number of nitrogens with zero attached hydrogens (tertiary/aromatic N) is 5. The summed E-state index contributed by atoms with van der Waals surface area (Å²) in [5.74, 6) is 3.29. The van der Waals surface area contributed by atoms with Crippen molar-refractivity contribution < 1.29 is 4.74 Å². The van der Waals surface area contributed by atoms with E-state index in [0.717, 1.165) is 62.3 Å². The predicted octanol–water partition coefficient (Wildman–Crippen LogP) is 11.6. The van der Waals surface area contributed by atoms with Crippen LogP contribution in [0.5, 0.6) is 11.5 Å². The van der Waals surface area contributed by atoms with E-state index in [0.29, 0.717) is 0 Å². The van der Waals surface area contributed by atoms with Crippen molar-refractivity contribution >= 4 is 50.0 Å². The van der Waals surface area contributed by atoms with Gasteiger partial charge in [0.25, 0.3) is 0 Å². The Balaban J connectivity index is 1.15. The quantitative estimate of drug-likeness (QED) is 0.182. The van der Waals surface area contributed by atoms with Crippen LogP contribution in [0.25, 0.3) is 49.9 Å². The highest BCUT2D eigenvalue weighted by atomic mass is 16.5. The first-order valence-electron chi connectivity index (χ1n) is 17.6. The maximum atomic E-state index is 6.64. The van der Waals surface area contributed by atoms with Crippen LogP contribution in [-0.4, -0.2) is 19.1 Å². The van der Waals surface area contributed by atoms with E-state index in [4.69, 9.17) is 14.7 Å². The molecule has 0 saturated carbocycles. The Morgan fingerprint density at radius 1 is 0.596 bits per heavy atom. The van der Waals surface area contributed by atoms with Gasteiger partial charge in [-0.15, -0.1) is 0 Å². The minimum atomic E-state index is -0.300. The lowest BCUT2D eigenvalue weighted by Gasteiger charge is -2.41. The monoisotopic (exact) mass is 673 g/mol. The van der Waals surface area contributed by atoms with Gasteiger partial charge in [0, 0.05) is 52.3 Å². The molecule has 9 aromatic rings. The zero-order chi connectivity index (χ0) is 35.0. The fourth-order valence-electron chi connectivity index (χ4n) is 8.11. The molecular weight excluding hydrogens is 639 g/mol. The Hall–Kier alpha value is -6.66. The van der Waals surface area contributed by atoms with Gasteiger partial charge in [0.1, 0.15) is 23.1 Å². The fourth-order valence-corrected chi connectivity index (χ4v) is 8.11. The normalized spacial score (nSPS) is 13.4. The van der Waals surface area contributed by atoms with Gasteiger partial charge in [-0.05, 0) is 66.2 Å². The van der Waals surface area contributed by atoms with Gasteiger partial charge in [-0.3, -0.25) is 4.90 Å². The molecular formula is C46H35N5O. The number of aryl methyl sites for hydroxylation is 1. The molecule has 3 aromatic heterocycles. The van der Waals surface area contributed by atoms with Crippen LogP contribution in [0.4, 0.5) is 17.2 Å². The Labute approximate surface area is 301 Å². The fraction of sp³-hybridized carbons (Fsp3) is 0.0870. The van der Waals surface area contributed by atoms with Crippen LogP contribution in [0.3, 0.4) is 0 Å². The van der Waals surface area contributed by atoms with Crippen molar-refractivity contribution in [2.24, 2.45) is 7.05 Å². The molecule has 0 bridgehead atoms. The minimum Gasteiger partial charge on any atom is -0.457 e. The van der Waals surface area contributed by atoms with Gasteiger partial charge in [0.05, 0.1) is 33.4 Å². The van der Waals surface area contributed by atoms with E-state index >= 15 is 0 Å². The molecule has 0 atom stereocenters. The number of anilines is 3. The highest BCUT2D eigenvalue weighted by Crippen LogP contribution is 2.55. The largest absolute Gasteiger partial charge is 0.457 e. The van der Waals surface area contributed by atoms with E-state index in [-0.39, 0.29) is 5.41 Å². The van der Waals surface area contributed by atoms with E-state index < -0.39 is 0 Å². The van der Waals surface area contributed by atoms with Gasteiger partial charge in [-0.25, -0.2) is 9.97 Å². The van der Waals surface area contributed by atoms with Gasteiger partial charge in [0.15, 0.2) is 0 Å². The van der Waals surface area contributed by atoms with E-state index in [1.54, 1.807) is 0 Å². The van der Waals surface area contributed by atoms with Crippen LogP contribution in [-0.2, 0) is 12.5 Å². The van der Waals surface area contributed by atoms with Crippen molar-refractivity contribution in [2.75, 3.05) is 4.90 Å². The van der Waals surface area contributed by atoms with Crippen LogP contribution < -0.4 is 9.64 Å². The average Bonchev–Trinajstić information content (AvgIpc) is 3.70. The third-order valence-electron chi connectivity index (χ3n) is 10.6. The molecule has 0 radical (unpaired) electrons. The van der Waals surface area contributed by atoms with Crippen molar-refractivity contribution in [3.8, 4) is 28.6 Å². The van der Waals surface area contributed by atoms with Crippen LogP contribution in [0.15, 0.2) is 158 Å². The molecule has 6 aromatic carbocycles. The first-order chi connectivity index (χ1) is 25.5. The molecule has 6 nitrogen and oxygen atoms in total. The van der Waals surface area contributed by atoms with Crippen molar-refractivity contribution in [1.29, 1.82) is 0 Å². The van der Waals surface area contributed by atoms with Gasteiger partial charge in [-0.1, -0.05) is 98.8 Å². The van der Waals surface area contributed by atoms with Crippen molar-refractivity contribution in [3.05, 3.63) is 169 Å². The van der Waals surface area contributed by atoms with Gasteiger partial charge in [0.2, 0.25) is 0 Å². The molecule has 0 saturated heterocycles. The van der Waals surface area contributed by atoms with Crippen LogP contribution in [0.2, 0.25) is 0 Å². The summed E-state index contributed by atoms with van der Waals surface area (Å²) in [4.78, 5) is 12.3. The molecule has 1 aliphatic rings. The van der Waals surface area contributed by atoms with Crippen molar-refractivity contribution in [1.82, 2.24) is 19.1 Å². The first-order valence-corrected chi connectivity index (χ1v) is 17.6. The van der Waals surface area contributed by atoms with E-state index in [1.165, 1.54) is 27.4 Å². The van der Waals surface area contributed by atoms with Crippen molar-refractivity contribution in [3.63, 3.8) is 0 Å². The lowest BCUT2D eigenvalue weighted by atomic mass is 9.74. The number of pyridine rings is 1. The second kappa shape index (κ2) is 11.4. The summed E-state index contributed by atoms with van der Waals surface area (Å²) < 4.78 is 11.2. The number of imidazole rings is 1. The first kappa shape index (κ1) is 30.2. The molecule has 52 heavy (non-hydrogen) atoms. The number of fused-ring (bicyclic) bond motifs is 7. The zero-order valence-electron chi connectivity index (χ0n) is 29.2. The number of ether oxygens (including phenoxy) is 1. The molecule has 250 valence electrons. The molecule has 0 N–H and O–H groups in total. The van der Waals surface area contributed by atoms with E-state index in [2.05, 4.69) is 144 Å². The van der Waals surface area contributed by atoms with Gasteiger partial charge >= 0.3 is 0 Å². The number of rotatable bonds is 5. The van der Waals surface area contributed by atoms with E-state index in [1.807, 2.05) is 48.7 Å². The number of benzene rings is 6. The second-order valence-electron chi connectivity index (χ2n) is 14.0. The molecule has 0 spiro atoms. The van der Waals surface area contributed by atoms with Gasteiger partial charge in [-0.2, -0.15) is 0 Å².